The first-order valence-corrected chi connectivity index (χ1v) is 11.8. The normalized spacial score (nSPS) is 14.4. The molecular weight excluding hydrogens is 502 g/mol. The average Bonchev–Trinajstić information content (AvgIpc) is 2.94. The van der Waals surface area contributed by atoms with Gasteiger partial charge in [0.1, 0.15) is 12.2 Å². The number of benzene rings is 4. The molecule has 5 rings (SSSR count). The van der Waals surface area contributed by atoms with Crippen LogP contribution in [-0.2, 0) is 16.2 Å². The molecule has 0 atom stereocenters. The van der Waals surface area contributed by atoms with Gasteiger partial charge in [0.25, 0.3) is 17.5 Å². The summed E-state index contributed by atoms with van der Waals surface area (Å²) in [5.74, 6) is -0.877. The molecule has 0 bridgehead atoms. The highest BCUT2D eigenvalue weighted by Gasteiger charge is 2.37. The zero-order valence-corrected chi connectivity index (χ0v) is 20.6. The van der Waals surface area contributed by atoms with Crippen molar-refractivity contribution in [2.24, 2.45) is 0 Å². The first-order valence-electron chi connectivity index (χ1n) is 11.8. The molecular formula is C29H21N3O7. The van der Waals surface area contributed by atoms with E-state index in [0.29, 0.717) is 23.7 Å². The monoisotopic (exact) mass is 523 g/mol. The maximum Gasteiger partial charge on any atom is 0.335 e. The molecule has 1 N–H and O–H groups in total. The molecule has 1 aliphatic heterocycles. The molecule has 0 aliphatic carbocycles. The lowest BCUT2D eigenvalue weighted by atomic mass is 10.1. The number of hydrogen-bond donors (Lipinski definition) is 1. The molecule has 1 aliphatic rings. The Balaban J connectivity index is 1.39. The van der Waals surface area contributed by atoms with Gasteiger partial charge in [-0.2, -0.15) is 0 Å². The second kappa shape index (κ2) is 10.5. The van der Waals surface area contributed by atoms with Gasteiger partial charge in [-0.1, -0.05) is 48.5 Å². The number of methoxy groups -OCH3 is 1. The Morgan fingerprint density at radius 1 is 0.923 bits per heavy atom. The molecule has 39 heavy (non-hydrogen) atoms. The number of barbiturate groups is 1. The molecule has 194 valence electrons. The fraction of sp³-hybridized carbons (Fsp3) is 0.0690. The third-order valence-corrected chi connectivity index (χ3v) is 6.18. The van der Waals surface area contributed by atoms with Crippen molar-refractivity contribution in [1.82, 2.24) is 5.32 Å². The molecule has 0 spiro atoms. The Morgan fingerprint density at radius 2 is 1.67 bits per heavy atom. The summed E-state index contributed by atoms with van der Waals surface area (Å²) in [6.45, 7) is 0.297. The summed E-state index contributed by atoms with van der Waals surface area (Å²) in [4.78, 5) is 49.2. The molecule has 1 fully saturated rings. The highest BCUT2D eigenvalue weighted by Crippen LogP contribution is 2.31. The van der Waals surface area contributed by atoms with Crippen molar-refractivity contribution in [3.8, 4) is 11.5 Å². The molecule has 4 amide bonds. The molecule has 0 aromatic heterocycles. The molecule has 0 radical (unpaired) electrons. The highest BCUT2D eigenvalue weighted by atomic mass is 16.6. The number of imide groups is 2. The van der Waals surface area contributed by atoms with Crippen LogP contribution in [0.3, 0.4) is 0 Å². The molecule has 4 aromatic rings. The van der Waals surface area contributed by atoms with Crippen LogP contribution in [-0.4, -0.2) is 29.9 Å². The largest absolute Gasteiger partial charge is 0.493 e. The fourth-order valence-electron chi connectivity index (χ4n) is 4.25. The zero-order chi connectivity index (χ0) is 27.5. The summed E-state index contributed by atoms with van der Waals surface area (Å²) >= 11 is 0. The van der Waals surface area contributed by atoms with Crippen molar-refractivity contribution in [2.75, 3.05) is 12.0 Å². The van der Waals surface area contributed by atoms with E-state index in [9.17, 15) is 24.5 Å². The third-order valence-electron chi connectivity index (χ3n) is 6.18. The van der Waals surface area contributed by atoms with Crippen molar-refractivity contribution in [3.05, 3.63) is 112 Å². The minimum absolute atomic E-state index is 0.0799. The number of anilines is 1. The zero-order valence-electron chi connectivity index (χ0n) is 20.6. The molecule has 4 aromatic carbocycles. The van der Waals surface area contributed by atoms with Crippen LogP contribution >= 0.6 is 0 Å². The second-order valence-corrected chi connectivity index (χ2v) is 8.57. The number of carbonyl (C=O) groups excluding carboxylic acids is 3. The number of urea groups is 1. The van der Waals surface area contributed by atoms with Gasteiger partial charge < -0.3 is 9.47 Å². The predicted molar refractivity (Wildman–Crippen MR) is 143 cm³/mol. The Labute approximate surface area is 222 Å². The first kappa shape index (κ1) is 25.2. The Kier molecular flexibility index (Phi) is 6.75. The average molecular weight is 524 g/mol. The molecule has 0 unspecified atom stereocenters. The summed E-state index contributed by atoms with van der Waals surface area (Å²) in [6, 6.07) is 22.8. The van der Waals surface area contributed by atoms with E-state index >= 15 is 0 Å². The number of fused-ring (bicyclic) bond motifs is 1. The van der Waals surface area contributed by atoms with Crippen molar-refractivity contribution in [2.45, 2.75) is 6.61 Å². The number of hydrogen-bond acceptors (Lipinski definition) is 7. The number of amides is 4. The number of nitro benzene ring substituents is 1. The number of carbonyl (C=O) groups is 3. The van der Waals surface area contributed by atoms with Gasteiger partial charge in [-0.3, -0.25) is 25.0 Å². The fourth-order valence-corrected chi connectivity index (χ4v) is 4.25. The van der Waals surface area contributed by atoms with Crippen LogP contribution in [0.25, 0.3) is 16.8 Å². The Hall–Kier alpha value is -5.51. The summed E-state index contributed by atoms with van der Waals surface area (Å²) in [6.07, 6.45) is 1.33. The van der Waals surface area contributed by atoms with Gasteiger partial charge >= 0.3 is 6.03 Å². The van der Waals surface area contributed by atoms with Gasteiger partial charge in [0.2, 0.25) is 0 Å². The van der Waals surface area contributed by atoms with Gasteiger partial charge in [0.15, 0.2) is 11.5 Å². The topological polar surface area (TPSA) is 128 Å². The van der Waals surface area contributed by atoms with Crippen LogP contribution in [0, 0.1) is 10.1 Å². The third kappa shape index (κ3) is 5.03. The standard InChI is InChI=1S/C29H21N3O7/c1-38-26-16-18(9-14-25(26)39-17-20-7-4-6-19-5-2-3-8-23(19)20)15-24-27(33)30-29(35)31(28(24)34)21-10-12-22(13-11-21)32(36)37/h2-16H,17H2,1H3,(H,30,33,35)/b24-15+. The lowest BCUT2D eigenvalue weighted by Gasteiger charge is -2.26. The number of rotatable bonds is 7. The van der Waals surface area contributed by atoms with E-state index in [1.165, 1.54) is 25.3 Å². The van der Waals surface area contributed by atoms with Crippen LogP contribution in [0.5, 0.6) is 11.5 Å². The minimum atomic E-state index is -0.953. The van der Waals surface area contributed by atoms with E-state index in [1.54, 1.807) is 18.2 Å². The molecule has 1 heterocycles. The summed E-state index contributed by atoms with van der Waals surface area (Å²) in [5, 5.41) is 15.2. The maximum atomic E-state index is 13.1. The van der Waals surface area contributed by atoms with Crippen LogP contribution < -0.4 is 19.7 Å². The van der Waals surface area contributed by atoms with Crippen molar-refractivity contribution in [1.29, 1.82) is 0 Å². The van der Waals surface area contributed by atoms with Crippen LogP contribution in [0.4, 0.5) is 16.2 Å². The predicted octanol–water partition coefficient (Wildman–Crippen LogP) is 5.00. The second-order valence-electron chi connectivity index (χ2n) is 8.57. The molecule has 0 saturated carbocycles. The smallest absolute Gasteiger partial charge is 0.335 e. The SMILES string of the molecule is COc1cc(/C=C2\C(=O)NC(=O)N(c3ccc([N+](=O)[O-])cc3)C2=O)ccc1OCc1cccc2ccccc12. The van der Waals surface area contributed by atoms with Gasteiger partial charge in [-0.15, -0.1) is 0 Å². The van der Waals surface area contributed by atoms with Crippen LogP contribution in [0.1, 0.15) is 11.1 Å². The maximum absolute atomic E-state index is 13.1. The van der Waals surface area contributed by atoms with Crippen molar-refractivity contribution < 1.29 is 28.8 Å². The Bertz CT molecular complexity index is 1660. The summed E-state index contributed by atoms with van der Waals surface area (Å²) in [7, 11) is 1.48. The van der Waals surface area contributed by atoms with Crippen LogP contribution in [0.15, 0.2) is 90.5 Å². The Morgan fingerprint density at radius 3 is 2.41 bits per heavy atom. The lowest BCUT2D eigenvalue weighted by molar-refractivity contribution is -0.384. The number of nitrogens with one attached hydrogen (secondary N) is 1. The quantitative estimate of drug-likeness (QED) is 0.156. The number of ether oxygens (including phenoxy) is 2. The van der Waals surface area contributed by atoms with E-state index in [-0.39, 0.29) is 16.9 Å². The van der Waals surface area contributed by atoms with Gasteiger partial charge in [-0.05, 0) is 52.2 Å². The summed E-state index contributed by atoms with van der Waals surface area (Å²) < 4.78 is 11.5. The van der Waals surface area contributed by atoms with E-state index in [0.717, 1.165) is 33.4 Å². The summed E-state index contributed by atoms with van der Waals surface area (Å²) in [5.41, 5.74) is 1.05. The number of nitro groups is 1. The van der Waals surface area contributed by atoms with E-state index < -0.39 is 22.8 Å². The molecule has 10 nitrogen and oxygen atoms in total. The lowest BCUT2D eigenvalue weighted by Crippen LogP contribution is -2.54. The minimum Gasteiger partial charge on any atom is -0.493 e. The van der Waals surface area contributed by atoms with E-state index in [1.807, 2.05) is 42.5 Å². The van der Waals surface area contributed by atoms with E-state index in [2.05, 4.69) is 5.32 Å². The van der Waals surface area contributed by atoms with E-state index in [4.69, 9.17) is 9.47 Å². The van der Waals surface area contributed by atoms with Gasteiger partial charge in [0, 0.05) is 12.1 Å². The first-order chi connectivity index (χ1) is 18.9. The number of nitrogens with zero attached hydrogens (tertiary/aromatic N) is 2. The number of non-ortho nitro benzene ring substituents is 1. The van der Waals surface area contributed by atoms with Crippen molar-refractivity contribution in [3.63, 3.8) is 0 Å². The van der Waals surface area contributed by atoms with Crippen LogP contribution in [0.2, 0.25) is 0 Å². The van der Waals surface area contributed by atoms with Crippen molar-refractivity contribution >= 4 is 46.1 Å². The highest BCUT2D eigenvalue weighted by molar-refractivity contribution is 6.39. The molecule has 10 heteroatoms. The van der Waals surface area contributed by atoms with Gasteiger partial charge in [0.05, 0.1) is 17.7 Å². The molecule has 1 saturated heterocycles. The van der Waals surface area contributed by atoms with Gasteiger partial charge in [-0.25, -0.2) is 9.69 Å².